The fraction of sp³-hybridized carbons (Fsp3) is 0.278. The third kappa shape index (κ3) is 3.85. The van der Waals surface area contributed by atoms with E-state index in [1.807, 2.05) is 38.1 Å². The Morgan fingerprint density at radius 3 is 2.43 bits per heavy atom. The van der Waals surface area contributed by atoms with Crippen LogP contribution in [0.2, 0.25) is 0 Å². The van der Waals surface area contributed by atoms with Crippen molar-refractivity contribution in [3.05, 3.63) is 58.7 Å². The van der Waals surface area contributed by atoms with Gasteiger partial charge in [-0.15, -0.1) is 0 Å². The summed E-state index contributed by atoms with van der Waals surface area (Å²) in [4.78, 5) is 12.0. The summed E-state index contributed by atoms with van der Waals surface area (Å²) < 4.78 is 0. The average Bonchev–Trinajstić information content (AvgIpc) is 2.45. The van der Waals surface area contributed by atoms with Crippen molar-refractivity contribution in [3.63, 3.8) is 0 Å². The molecule has 0 saturated heterocycles. The predicted octanol–water partition coefficient (Wildman–Crippen LogP) is 3.97. The second-order valence-corrected chi connectivity index (χ2v) is 5.45. The van der Waals surface area contributed by atoms with Gasteiger partial charge in [-0.05, 0) is 68.1 Å². The number of hydrogen-bond donors (Lipinski definition) is 2. The van der Waals surface area contributed by atoms with Crippen LogP contribution in [0.1, 0.15) is 22.3 Å². The summed E-state index contributed by atoms with van der Waals surface area (Å²) in [6, 6.07) is 12.0. The third-order valence-corrected chi connectivity index (χ3v) is 3.84. The summed E-state index contributed by atoms with van der Waals surface area (Å²) in [5.41, 5.74) is 6.60. The molecule has 2 aromatic carbocycles. The first kappa shape index (κ1) is 15.1. The molecule has 0 spiro atoms. The van der Waals surface area contributed by atoms with E-state index in [-0.39, 0.29) is 12.5 Å². The topological polar surface area (TPSA) is 41.1 Å². The molecule has 3 nitrogen and oxygen atoms in total. The lowest BCUT2D eigenvalue weighted by atomic mass is 10.1. The number of nitrogens with one attached hydrogen (secondary N) is 2. The van der Waals surface area contributed by atoms with E-state index in [9.17, 15) is 4.79 Å². The number of rotatable bonds is 4. The standard InChI is InChI=1S/C18H22N2O/c1-12-8-9-16(10-14(12)3)19-11-18(21)20-17-7-5-6-13(2)15(17)4/h5-10,19H,11H2,1-4H3,(H,20,21). The van der Waals surface area contributed by atoms with Gasteiger partial charge in [0.25, 0.3) is 0 Å². The second kappa shape index (κ2) is 6.44. The van der Waals surface area contributed by atoms with Gasteiger partial charge in [0.2, 0.25) is 5.91 Å². The SMILES string of the molecule is Cc1ccc(NCC(=O)Nc2cccc(C)c2C)cc1C. The maximum Gasteiger partial charge on any atom is 0.243 e. The van der Waals surface area contributed by atoms with Gasteiger partial charge in [-0.2, -0.15) is 0 Å². The third-order valence-electron chi connectivity index (χ3n) is 3.84. The highest BCUT2D eigenvalue weighted by Gasteiger charge is 2.06. The van der Waals surface area contributed by atoms with Crippen LogP contribution in [0.5, 0.6) is 0 Å². The highest BCUT2D eigenvalue weighted by Crippen LogP contribution is 2.18. The lowest BCUT2D eigenvalue weighted by Gasteiger charge is -2.12. The van der Waals surface area contributed by atoms with Crippen LogP contribution < -0.4 is 10.6 Å². The normalized spacial score (nSPS) is 10.3. The molecule has 0 aliphatic carbocycles. The Balaban J connectivity index is 1.96. The van der Waals surface area contributed by atoms with E-state index >= 15 is 0 Å². The monoisotopic (exact) mass is 282 g/mol. The smallest absolute Gasteiger partial charge is 0.243 e. The second-order valence-electron chi connectivity index (χ2n) is 5.45. The fourth-order valence-electron chi connectivity index (χ4n) is 2.11. The summed E-state index contributed by atoms with van der Waals surface area (Å²) in [5, 5.41) is 6.10. The lowest BCUT2D eigenvalue weighted by molar-refractivity contribution is -0.114. The fourth-order valence-corrected chi connectivity index (χ4v) is 2.11. The van der Waals surface area contributed by atoms with E-state index in [0.29, 0.717) is 0 Å². The van der Waals surface area contributed by atoms with Gasteiger partial charge in [0.05, 0.1) is 6.54 Å². The molecule has 0 atom stereocenters. The molecule has 0 aromatic heterocycles. The molecule has 1 amide bonds. The molecule has 2 aromatic rings. The average molecular weight is 282 g/mol. The Labute approximate surface area is 126 Å². The number of carbonyl (C=O) groups is 1. The van der Waals surface area contributed by atoms with Crippen molar-refractivity contribution < 1.29 is 4.79 Å². The van der Waals surface area contributed by atoms with Crippen molar-refractivity contribution in [2.75, 3.05) is 17.2 Å². The van der Waals surface area contributed by atoms with Crippen LogP contribution >= 0.6 is 0 Å². The molecular formula is C18H22N2O. The molecule has 0 radical (unpaired) electrons. The number of anilines is 2. The summed E-state index contributed by atoms with van der Waals surface area (Å²) in [7, 11) is 0. The minimum atomic E-state index is -0.0399. The Morgan fingerprint density at radius 1 is 0.952 bits per heavy atom. The van der Waals surface area contributed by atoms with Gasteiger partial charge in [-0.25, -0.2) is 0 Å². The summed E-state index contributed by atoms with van der Waals surface area (Å²) in [5.74, 6) is -0.0399. The first-order valence-electron chi connectivity index (χ1n) is 7.14. The predicted molar refractivity (Wildman–Crippen MR) is 89.0 cm³/mol. The number of hydrogen-bond acceptors (Lipinski definition) is 2. The van der Waals surface area contributed by atoms with Crippen molar-refractivity contribution in [1.82, 2.24) is 0 Å². The van der Waals surface area contributed by atoms with Gasteiger partial charge in [-0.1, -0.05) is 18.2 Å². The molecular weight excluding hydrogens is 260 g/mol. The molecule has 0 heterocycles. The molecule has 0 bridgehead atoms. The summed E-state index contributed by atoms with van der Waals surface area (Å²) >= 11 is 0. The zero-order chi connectivity index (χ0) is 15.4. The molecule has 0 saturated carbocycles. The lowest BCUT2D eigenvalue weighted by Crippen LogP contribution is -2.22. The Kier molecular flexibility index (Phi) is 4.63. The Bertz CT molecular complexity index is 662. The van der Waals surface area contributed by atoms with Crippen molar-refractivity contribution >= 4 is 17.3 Å². The van der Waals surface area contributed by atoms with Gasteiger partial charge in [0.1, 0.15) is 0 Å². The van der Waals surface area contributed by atoms with Gasteiger partial charge in [-0.3, -0.25) is 4.79 Å². The zero-order valence-corrected chi connectivity index (χ0v) is 13.1. The van der Waals surface area contributed by atoms with Crippen LogP contribution in [0.4, 0.5) is 11.4 Å². The minimum Gasteiger partial charge on any atom is -0.376 e. The van der Waals surface area contributed by atoms with Crippen LogP contribution in [0.3, 0.4) is 0 Å². The first-order valence-corrected chi connectivity index (χ1v) is 7.14. The van der Waals surface area contributed by atoms with Gasteiger partial charge < -0.3 is 10.6 Å². The van der Waals surface area contributed by atoms with E-state index in [1.54, 1.807) is 0 Å². The molecule has 21 heavy (non-hydrogen) atoms. The van der Waals surface area contributed by atoms with Crippen LogP contribution in [-0.2, 0) is 4.79 Å². The first-order chi connectivity index (χ1) is 9.97. The van der Waals surface area contributed by atoms with Crippen molar-refractivity contribution in [3.8, 4) is 0 Å². The molecule has 110 valence electrons. The zero-order valence-electron chi connectivity index (χ0n) is 13.1. The Morgan fingerprint density at radius 2 is 1.71 bits per heavy atom. The van der Waals surface area contributed by atoms with Crippen LogP contribution in [0.15, 0.2) is 36.4 Å². The molecule has 2 rings (SSSR count). The minimum absolute atomic E-state index is 0.0399. The van der Waals surface area contributed by atoms with Crippen LogP contribution in [-0.4, -0.2) is 12.5 Å². The highest BCUT2D eigenvalue weighted by atomic mass is 16.1. The molecule has 0 fully saturated rings. The molecule has 0 aliphatic heterocycles. The quantitative estimate of drug-likeness (QED) is 0.891. The number of benzene rings is 2. The van der Waals surface area contributed by atoms with Crippen LogP contribution in [0.25, 0.3) is 0 Å². The molecule has 0 aliphatic rings. The largest absolute Gasteiger partial charge is 0.376 e. The van der Waals surface area contributed by atoms with E-state index in [4.69, 9.17) is 0 Å². The Hall–Kier alpha value is -2.29. The van der Waals surface area contributed by atoms with E-state index in [2.05, 4.69) is 36.6 Å². The number of aryl methyl sites for hydroxylation is 3. The van der Waals surface area contributed by atoms with Gasteiger partial charge in [0.15, 0.2) is 0 Å². The molecule has 0 unspecified atom stereocenters. The van der Waals surface area contributed by atoms with E-state index < -0.39 is 0 Å². The highest BCUT2D eigenvalue weighted by molar-refractivity contribution is 5.94. The van der Waals surface area contributed by atoms with Crippen molar-refractivity contribution in [2.45, 2.75) is 27.7 Å². The van der Waals surface area contributed by atoms with Crippen LogP contribution in [0, 0.1) is 27.7 Å². The van der Waals surface area contributed by atoms with Gasteiger partial charge in [0, 0.05) is 11.4 Å². The summed E-state index contributed by atoms with van der Waals surface area (Å²) in [6.07, 6.45) is 0. The maximum absolute atomic E-state index is 12.0. The van der Waals surface area contributed by atoms with E-state index in [1.165, 1.54) is 16.7 Å². The van der Waals surface area contributed by atoms with Crippen molar-refractivity contribution in [1.29, 1.82) is 0 Å². The maximum atomic E-state index is 12.0. The molecule has 3 heteroatoms. The number of amides is 1. The van der Waals surface area contributed by atoms with Crippen molar-refractivity contribution in [2.24, 2.45) is 0 Å². The van der Waals surface area contributed by atoms with Gasteiger partial charge >= 0.3 is 0 Å². The number of carbonyl (C=O) groups excluding carboxylic acids is 1. The summed E-state index contributed by atoms with van der Waals surface area (Å²) in [6.45, 7) is 8.46. The van der Waals surface area contributed by atoms with E-state index in [0.717, 1.165) is 16.9 Å². The molecule has 2 N–H and O–H groups in total.